The van der Waals surface area contributed by atoms with Gasteiger partial charge in [0.2, 0.25) is 5.91 Å². The van der Waals surface area contributed by atoms with Crippen LogP contribution in [0.25, 0.3) is 17.0 Å². The Morgan fingerprint density at radius 1 is 1.41 bits per heavy atom. The van der Waals surface area contributed by atoms with Gasteiger partial charge in [0.15, 0.2) is 5.82 Å². The Hall–Kier alpha value is -2.41. The zero-order chi connectivity index (χ0) is 21.2. The first-order chi connectivity index (χ1) is 13.7. The molecule has 2 heterocycles. The normalized spacial score (nSPS) is 18.2. The van der Waals surface area contributed by atoms with Gasteiger partial charge in [-0.05, 0) is 55.7 Å². The van der Waals surface area contributed by atoms with Crippen LogP contribution in [-0.4, -0.2) is 32.7 Å². The monoisotopic (exact) mass is 413 g/mol. The van der Waals surface area contributed by atoms with Gasteiger partial charge in [-0.1, -0.05) is 26.8 Å². The lowest BCUT2D eigenvalue weighted by Gasteiger charge is -2.35. The molecule has 4 N–H and O–H groups in total. The molecule has 0 bridgehead atoms. The highest BCUT2D eigenvalue weighted by Crippen LogP contribution is 2.35. The van der Waals surface area contributed by atoms with Gasteiger partial charge < -0.3 is 16.5 Å². The van der Waals surface area contributed by atoms with Crippen LogP contribution in [0.1, 0.15) is 55.9 Å². The fraction of sp³-hybridized carbons (Fsp3) is 0.455. The molecule has 0 spiro atoms. The SMILES string of the molecule is CCCSC1(C)C=C(NCC(C)C)c2ncc(-c3ccc(C(N)=O)c(C)c3)n2N1. The summed E-state index contributed by atoms with van der Waals surface area (Å²) in [6.07, 6.45) is 5.23. The smallest absolute Gasteiger partial charge is 0.248 e. The first-order valence-electron chi connectivity index (χ1n) is 10.1. The molecule has 0 radical (unpaired) electrons. The summed E-state index contributed by atoms with van der Waals surface area (Å²) in [5.41, 5.74) is 13.5. The molecule has 0 saturated heterocycles. The lowest BCUT2D eigenvalue weighted by atomic mass is 10.0. The Bertz CT molecular complexity index is 933. The summed E-state index contributed by atoms with van der Waals surface area (Å²) < 4.78 is 2.06. The first kappa shape index (κ1) is 21.3. The van der Waals surface area contributed by atoms with Crippen molar-refractivity contribution in [3.05, 3.63) is 47.4 Å². The molecule has 1 unspecified atom stereocenters. The third kappa shape index (κ3) is 4.61. The predicted molar refractivity (Wildman–Crippen MR) is 122 cm³/mol. The largest absolute Gasteiger partial charge is 0.382 e. The maximum atomic E-state index is 11.6. The van der Waals surface area contributed by atoms with Gasteiger partial charge in [-0.3, -0.25) is 4.79 Å². The minimum absolute atomic E-state index is 0.250. The summed E-state index contributed by atoms with van der Waals surface area (Å²) in [7, 11) is 0. The summed E-state index contributed by atoms with van der Waals surface area (Å²) in [4.78, 5) is 16.0. The molecule has 3 rings (SSSR count). The van der Waals surface area contributed by atoms with Gasteiger partial charge in [0.05, 0.1) is 17.6 Å². The number of nitrogens with one attached hydrogen (secondary N) is 2. The summed E-state index contributed by atoms with van der Waals surface area (Å²) in [5.74, 6) is 2.05. The zero-order valence-corrected chi connectivity index (χ0v) is 18.7. The van der Waals surface area contributed by atoms with Crippen LogP contribution in [0, 0.1) is 12.8 Å². The van der Waals surface area contributed by atoms with Crippen molar-refractivity contribution in [2.45, 2.75) is 45.9 Å². The second kappa shape index (κ2) is 8.53. The van der Waals surface area contributed by atoms with Crippen molar-refractivity contribution in [1.82, 2.24) is 15.0 Å². The van der Waals surface area contributed by atoms with E-state index in [-0.39, 0.29) is 4.87 Å². The topological polar surface area (TPSA) is 85.0 Å². The van der Waals surface area contributed by atoms with Crippen LogP contribution < -0.4 is 16.5 Å². The third-order valence-electron chi connectivity index (χ3n) is 4.85. The number of aromatic nitrogens is 2. The average Bonchev–Trinajstić information content (AvgIpc) is 3.07. The Morgan fingerprint density at radius 2 is 2.17 bits per heavy atom. The van der Waals surface area contributed by atoms with E-state index >= 15 is 0 Å². The fourth-order valence-electron chi connectivity index (χ4n) is 3.38. The number of amides is 1. The standard InChI is InChI=1S/C22H31N5OS/c1-6-9-29-22(5)11-18(24-12-14(2)3)21-25-13-19(27(21)26-22)16-7-8-17(20(23)28)15(4)10-16/h7-8,10-11,13-14,24,26H,6,9,12H2,1-5H3,(H2,23,28). The van der Waals surface area contributed by atoms with Crippen molar-refractivity contribution in [2.24, 2.45) is 11.7 Å². The van der Waals surface area contributed by atoms with Crippen LogP contribution in [0.4, 0.5) is 0 Å². The van der Waals surface area contributed by atoms with Crippen LogP contribution in [0.2, 0.25) is 0 Å². The number of thioether (sulfide) groups is 1. The summed E-state index contributed by atoms with van der Waals surface area (Å²) in [6, 6.07) is 5.70. The van der Waals surface area contributed by atoms with E-state index in [4.69, 9.17) is 10.7 Å². The van der Waals surface area contributed by atoms with Crippen LogP contribution in [0.15, 0.2) is 30.5 Å². The molecule has 1 amide bonds. The number of rotatable bonds is 8. The molecule has 0 saturated carbocycles. The van der Waals surface area contributed by atoms with Crippen LogP contribution in [0.3, 0.4) is 0 Å². The summed E-state index contributed by atoms with van der Waals surface area (Å²) in [5, 5.41) is 3.57. The van der Waals surface area contributed by atoms with Crippen LogP contribution >= 0.6 is 11.8 Å². The minimum atomic E-state index is -0.408. The second-order valence-electron chi connectivity index (χ2n) is 8.10. The summed E-state index contributed by atoms with van der Waals surface area (Å²) in [6.45, 7) is 11.6. The Morgan fingerprint density at radius 3 is 2.79 bits per heavy atom. The number of carbonyl (C=O) groups excluding carboxylic acids is 1. The number of nitrogens with zero attached hydrogens (tertiary/aromatic N) is 2. The predicted octanol–water partition coefficient (Wildman–Crippen LogP) is 3.96. The average molecular weight is 414 g/mol. The molecule has 7 heteroatoms. The lowest BCUT2D eigenvalue weighted by Crippen LogP contribution is -2.42. The number of nitrogens with two attached hydrogens (primary N) is 1. The van der Waals surface area contributed by atoms with Gasteiger partial charge in [-0.25, -0.2) is 9.66 Å². The quantitative estimate of drug-likeness (QED) is 0.610. The highest BCUT2D eigenvalue weighted by Gasteiger charge is 2.31. The van der Waals surface area contributed by atoms with Crippen molar-refractivity contribution in [3.8, 4) is 11.3 Å². The van der Waals surface area contributed by atoms with Crippen molar-refractivity contribution in [2.75, 3.05) is 17.7 Å². The number of benzene rings is 1. The Balaban J connectivity index is 2.02. The highest BCUT2D eigenvalue weighted by atomic mass is 32.2. The number of hydrogen-bond acceptors (Lipinski definition) is 5. The van der Waals surface area contributed by atoms with E-state index in [0.29, 0.717) is 11.5 Å². The Labute approximate surface area is 177 Å². The van der Waals surface area contributed by atoms with E-state index in [2.05, 4.69) is 49.2 Å². The number of hydrogen-bond donors (Lipinski definition) is 3. The van der Waals surface area contributed by atoms with Gasteiger partial charge in [-0.2, -0.15) is 0 Å². The van der Waals surface area contributed by atoms with Gasteiger partial charge in [0.1, 0.15) is 4.87 Å². The summed E-state index contributed by atoms with van der Waals surface area (Å²) >= 11 is 1.88. The molecule has 1 aromatic carbocycles. The lowest BCUT2D eigenvalue weighted by molar-refractivity contribution is 0.0999. The third-order valence-corrected chi connectivity index (χ3v) is 6.27. The van der Waals surface area contributed by atoms with Crippen molar-refractivity contribution < 1.29 is 4.79 Å². The number of aryl methyl sites for hydroxylation is 1. The van der Waals surface area contributed by atoms with Gasteiger partial charge in [0, 0.05) is 17.7 Å². The van der Waals surface area contributed by atoms with E-state index in [1.807, 2.05) is 37.0 Å². The second-order valence-corrected chi connectivity index (χ2v) is 9.64. The van der Waals surface area contributed by atoms with Gasteiger partial charge in [-0.15, -0.1) is 11.8 Å². The first-order valence-corrected chi connectivity index (χ1v) is 11.1. The molecule has 2 aromatic rings. The Kier molecular flexibility index (Phi) is 6.27. The van der Waals surface area contributed by atoms with E-state index in [0.717, 1.165) is 47.1 Å². The van der Waals surface area contributed by atoms with Crippen LogP contribution in [-0.2, 0) is 0 Å². The molecule has 1 atom stereocenters. The minimum Gasteiger partial charge on any atom is -0.382 e. The fourth-order valence-corrected chi connectivity index (χ4v) is 4.37. The molecule has 29 heavy (non-hydrogen) atoms. The number of primary amides is 1. The number of imidazole rings is 1. The molecular weight excluding hydrogens is 382 g/mol. The van der Waals surface area contributed by atoms with Crippen molar-refractivity contribution in [3.63, 3.8) is 0 Å². The maximum absolute atomic E-state index is 11.6. The molecule has 6 nitrogen and oxygen atoms in total. The molecule has 0 aliphatic carbocycles. The maximum Gasteiger partial charge on any atom is 0.248 e. The molecule has 1 aliphatic rings. The molecular formula is C22H31N5OS. The van der Waals surface area contributed by atoms with Crippen molar-refractivity contribution in [1.29, 1.82) is 0 Å². The van der Waals surface area contributed by atoms with E-state index in [9.17, 15) is 4.79 Å². The number of carbonyl (C=O) groups is 1. The van der Waals surface area contributed by atoms with E-state index in [1.165, 1.54) is 0 Å². The molecule has 156 valence electrons. The van der Waals surface area contributed by atoms with Crippen molar-refractivity contribution >= 4 is 23.4 Å². The number of fused-ring (bicyclic) bond motifs is 1. The molecule has 0 fully saturated rings. The highest BCUT2D eigenvalue weighted by molar-refractivity contribution is 8.00. The van der Waals surface area contributed by atoms with E-state index < -0.39 is 5.91 Å². The van der Waals surface area contributed by atoms with Gasteiger partial charge in [0.25, 0.3) is 0 Å². The van der Waals surface area contributed by atoms with Gasteiger partial charge >= 0.3 is 0 Å². The van der Waals surface area contributed by atoms with E-state index in [1.54, 1.807) is 6.07 Å². The molecule has 1 aromatic heterocycles. The van der Waals surface area contributed by atoms with Crippen LogP contribution in [0.5, 0.6) is 0 Å². The zero-order valence-electron chi connectivity index (χ0n) is 17.9. The molecule has 1 aliphatic heterocycles.